The van der Waals surface area contributed by atoms with E-state index in [1.54, 1.807) is 24.3 Å². The predicted octanol–water partition coefficient (Wildman–Crippen LogP) is 3.43. The van der Waals surface area contributed by atoms with Crippen LogP contribution in [0.2, 0.25) is 0 Å². The van der Waals surface area contributed by atoms with Crippen molar-refractivity contribution < 1.29 is 9.21 Å². The van der Waals surface area contributed by atoms with Crippen molar-refractivity contribution in [1.82, 2.24) is 0 Å². The topological polar surface area (TPSA) is 30.2 Å². The molecule has 0 unspecified atom stereocenters. The fourth-order valence-corrected chi connectivity index (χ4v) is 2.17. The van der Waals surface area contributed by atoms with E-state index in [1.807, 2.05) is 36.6 Å². The average molecular weight is 232 g/mol. The summed E-state index contributed by atoms with van der Waals surface area (Å²) in [5, 5.41) is 0. The molecule has 2 nitrogen and oxygen atoms in total. The molecule has 0 fully saturated rings. The minimum absolute atomic E-state index is 0.131. The molecule has 3 heteroatoms. The number of carbonyl (C=O) groups is 1. The van der Waals surface area contributed by atoms with Gasteiger partial charge in [0.1, 0.15) is 0 Å². The Balaban J connectivity index is 2.21. The largest absolute Gasteiger partial charge is 0.472 e. The van der Waals surface area contributed by atoms with E-state index in [0.29, 0.717) is 6.42 Å². The molecular weight excluding hydrogens is 220 g/mol. The average Bonchev–Trinajstić information content (AvgIpc) is 2.81. The number of ketones is 1. The molecule has 1 heterocycles. The lowest BCUT2D eigenvalue weighted by Gasteiger charge is -2.04. The van der Waals surface area contributed by atoms with E-state index in [0.717, 1.165) is 16.0 Å². The minimum Gasteiger partial charge on any atom is -0.472 e. The number of hydrogen-bond donors (Lipinski definition) is 0. The van der Waals surface area contributed by atoms with Crippen molar-refractivity contribution in [2.75, 3.05) is 6.26 Å². The van der Waals surface area contributed by atoms with Gasteiger partial charge in [-0.05, 0) is 24.0 Å². The van der Waals surface area contributed by atoms with E-state index in [-0.39, 0.29) is 5.78 Å². The maximum Gasteiger partial charge on any atom is 0.168 e. The molecule has 0 saturated heterocycles. The van der Waals surface area contributed by atoms with Gasteiger partial charge in [0, 0.05) is 16.9 Å². The van der Waals surface area contributed by atoms with Crippen molar-refractivity contribution in [2.24, 2.45) is 0 Å². The number of rotatable bonds is 4. The van der Waals surface area contributed by atoms with Crippen LogP contribution in [0.25, 0.3) is 0 Å². The molecular formula is C13H12O2S. The van der Waals surface area contributed by atoms with Gasteiger partial charge in [0.05, 0.1) is 12.5 Å². The molecule has 0 amide bonds. The third-order valence-electron chi connectivity index (χ3n) is 2.35. The Morgan fingerprint density at radius 3 is 2.81 bits per heavy atom. The molecule has 0 N–H and O–H groups in total. The number of Topliss-reactive ketones (excluding diaryl/α,β-unsaturated/α-hetero) is 1. The first kappa shape index (κ1) is 11.0. The minimum atomic E-state index is 0.131. The van der Waals surface area contributed by atoms with Gasteiger partial charge in [-0.25, -0.2) is 0 Å². The molecule has 0 bridgehead atoms. The molecule has 0 spiro atoms. The Labute approximate surface area is 98.7 Å². The fourth-order valence-electron chi connectivity index (χ4n) is 1.55. The van der Waals surface area contributed by atoms with Crippen molar-refractivity contribution in [3.8, 4) is 0 Å². The lowest BCUT2D eigenvalue weighted by molar-refractivity contribution is 0.0990. The second kappa shape index (κ2) is 5.03. The zero-order chi connectivity index (χ0) is 11.4. The lowest BCUT2D eigenvalue weighted by Crippen LogP contribution is -2.04. The van der Waals surface area contributed by atoms with Crippen LogP contribution in [0.3, 0.4) is 0 Å². The smallest absolute Gasteiger partial charge is 0.168 e. The molecule has 16 heavy (non-hydrogen) atoms. The highest BCUT2D eigenvalue weighted by molar-refractivity contribution is 7.98. The first-order valence-corrected chi connectivity index (χ1v) is 6.21. The number of benzene rings is 1. The zero-order valence-electron chi connectivity index (χ0n) is 8.97. The molecule has 2 aromatic rings. The van der Waals surface area contributed by atoms with Gasteiger partial charge in [0.15, 0.2) is 5.78 Å². The molecule has 0 radical (unpaired) electrons. The molecule has 0 aliphatic heterocycles. The van der Waals surface area contributed by atoms with Crippen LogP contribution in [-0.2, 0) is 6.42 Å². The second-order valence-electron chi connectivity index (χ2n) is 3.43. The molecule has 0 aliphatic carbocycles. The maximum absolute atomic E-state index is 12.0. The van der Waals surface area contributed by atoms with Crippen molar-refractivity contribution in [3.05, 3.63) is 54.0 Å². The molecule has 0 atom stereocenters. The highest BCUT2D eigenvalue weighted by Gasteiger charge is 2.11. The first-order chi connectivity index (χ1) is 7.81. The number of furan rings is 1. The van der Waals surface area contributed by atoms with Crippen LogP contribution in [0.1, 0.15) is 15.9 Å². The van der Waals surface area contributed by atoms with Crippen molar-refractivity contribution in [2.45, 2.75) is 11.3 Å². The Morgan fingerprint density at radius 1 is 1.31 bits per heavy atom. The highest BCUT2D eigenvalue weighted by Crippen LogP contribution is 2.21. The summed E-state index contributed by atoms with van der Waals surface area (Å²) < 4.78 is 4.95. The van der Waals surface area contributed by atoms with Crippen molar-refractivity contribution in [1.29, 1.82) is 0 Å². The number of thioether (sulfide) groups is 1. The summed E-state index contributed by atoms with van der Waals surface area (Å²) in [4.78, 5) is 13.1. The Bertz CT molecular complexity index is 474. The molecule has 2 rings (SSSR count). The molecule has 0 saturated carbocycles. The van der Waals surface area contributed by atoms with Gasteiger partial charge >= 0.3 is 0 Å². The van der Waals surface area contributed by atoms with Gasteiger partial charge < -0.3 is 4.42 Å². The Hall–Kier alpha value is -1.48. The summed E-state index contributed by atoms with van der Waals surface area (Å²) in [6.07, 6.45) is 5.57. The maximum atomic E-state index is 12.0. The third kappa shape index (κ3) is 2.36. The number of carbonyl (C=O) groups excluding carboxylic acids is 1. The van der Waals surface area contributed by atoms with E-state index in [9.17, 15) is 4.79 Å². The lowest BCUT2D eigenvalue weighted by atomic mass is 10.1. The molecule has 1 aromatic carbocycles. The van der Waals surface area contributed by atoms with Crippen LogP contribution in [-0.4, -0.2) is 12.0 Å². The normalized spacial score (nSPS) is 10.3. The van der Waals surface area contributed by atoms with E-state index < -0.39 is 0 Å². The van der Waals surface area contributed by atoms with Crippen molar-refractivity contribution >= 4 is 17.5 Å². The van der Waals surface area contributed by atoms with E-state index in [1.165, 1.54) is 0 Å². The van der Waals surface area contributed by atoms with Gasteiger partial charge in [-0.2, -0.15) is 0 Å². The standard InChI is InChI=1S/C13H12O2S/c1-16-13-5-3-2-4-11(13)12(14)8-10-6-7-15-9-10/h2-7,9H,8H2,1H3. The molecule has 1 aromatic heterocycles. The fraction of sp³-hybridized carbons (Fsp3) is 0.154. The number of hydrogen-bond acceptors (Lipinski definition) is 3. The summed E-state index contributed by atoms with van der Waals surface area (Å²) in [5.74, 6) is 0.131. The predicted molar refractivity (Wildman–Crippen MR) is 65.0 cm³/mol. The van der Waals surface area contributed by atoms with E-state index in [4.69, 9.17) is 4.42 Å². The van der Waals surface area contributed by atoms with Crippen LogP contribution in [0, 0.1) is 0 Å². The zero-order valence-corrected chi connectivity index (χ0v) is 9.79. The first-order valence-electron chi connectivity index (χ1n) is 4.98. The van der Waals surface area contributed by atoms with Gasteiger partial charge in [-0.15, -0.1) is 11.8 Å². The summed E-state index contributed by atoms with van der Waals surface area (Å²) in [6, 6.07) is 9.49. The summed E-state index contributed by atoms with van der Waals surface area (Å²) in [5.41, 5.74) is 1.71. The molecule has 82 valence electrons. The van der Waals surface area contributed by atoms with Gasteiger partial charge in [0.25, 0.3) is 0 Å². The Morgan fingerprint density at radius 2 is 2.12 bits per heavy atom. The van der Waals surface area contributed by atoms with Crippen LogP contribution in [0.5, 0.6) is 0 Å². The quantitative estimate of drug-likeness (QED) is 0.597. The van der Waals surface area contributed by atoms with Gasteiger partial charge in [-0.3, -0.25) is 4.79 Å². The second-order valence-corrected chi connectivity index (χ2v) is 4.28. The van der Waals surface area contributed by atoms with Crippen LogP contribution >= 0.6 is 11.8 Å². The monoisotopic (exact) mass is 232 g/mol. The van der Waals surface area contributed by atoms with Crippen LogP contribution < -0.4 is 0 Å². The third-order valence-corrected chi connectivity index (χ3v) is 3.15. The van der Waals surface area contributed by atoms with Gasteiger partial charge in [0.2, 0.25) is 0 Å². The van der Waals surface area contributed by atoms with Gasteiger partial charge in [-0.1, -0.05) is 18.2 Å². The molecule has 0 aliphatic rings. The Kier molecular flexibility index (Phi) is 3.47. The van der Waals surface area contributed by atoms with E-state index >= 15 is 0 Å². The highest BCUT2D eigenvalue weighted by atomic mass is 32.2. The van der Waals surface area contributed by atoms with Crippen molar-refractivity contribution in [3.63, 3.8) is 0 Å². The van der Waals surface area contributed by atoms with E-state index in [2.05, 4.69) is 0 Å². The SMILES string of the molecule is CSc1ccccc1C(=O)Cc1ccoc1. The summed E-state index contributed by atoms with van der Waals surface area (Å²) >= 11 is 1.59. The van der Waals surface area contributed by atoms with Crippen LogP contribution in [0.4, 0.5) is 0 Å². The van der Waals surface area contributed by atoms with Crippen LogP contribution in [0.15, 0.2) is 52.2 Å². The summed E-state index contributed by atoms with van der Waals surface area (Å²) in [6.45, 7) is 0. The summed E-state index contributed by atoms with van der Waals surface area (Å²) in [7, 11) is 0.